The van der Waals surface area contributed by atoms with Crippen molar-refractivity contribution in [2.24, 2.45) is 5.92 Å². The molecule has 3 N–H and O–H groups in total. The third-order valence-corrected chi connectivity index (χ3v) is 7.31. The van der Waals surface area contributed by atoms with Gasteiger partial charge in [0.25, 0.3) is 5.91 Å². The number of urea groups is 1. The highest BCUT2D eigenvalue weighted by Crippen LogP contribution is 2.35. The quantitative estimate of drug-likeness (QED) is 0.350. The number of carbonyl (C=O) groups is 2. The first-order valence-corrected chi connectivity index (χ1v) is 13.6. The molecule has 3 aromatic rings. The van der Waals surface area contributed by atoms with E-state index >= 15 is 0 Å². The summed E-state index contributed by atoms with van der Waals surface area (Å²) in [5.74, 6) is 1.22. The standard InChI is InChI=1S/C30H39N5O6/c1-18-14-35(19(2)17-36)29(37)24-8-7-9-25(31-30(38)32-27-20(3)33-41-21(27)4)28(24)40-26(18)16-34(5)15-22-10-12-23(39-6)13-11-22/h7-13,18-19,26,36H,14-17H2,1-6H3,(H2,31,32,38)/t18-,19-,26+/m1/s1. The highest BCUT2D eigenvalue weighted by atomic mass is 16.5. The number of likely N-dealkylation sites (N-methyl/N-ethyl adjacent to an activating group) is 1. The van der Waals surface area contributed by atoms with Crippen LogP contribution in [-0.4, -0.2) is 78.0 Å². The first-order valence-electron chi connectivity index (χ1n) is 13.6. The van der Waals surface area contributed by atoms with Gasteiger partial charge in [-0.25, -0.2) is 4.79 Å². The second-order valence-electron chi connectivity index (χ2n) is 10.6. The summed E-state index contributed by atoms with van der Waals surface area (Å²) in [5, 5.41) is 19.4. The Balaban J connectivity index is 1.62. The maximum absolute atomic E-state index is 13.7. The van der Waals surface area contributed by atoms with Crippen molar-refractivity contribution in [1.82, 2.24) is 15.0 Å². The summed E-state index contributed by atoms with van der Waals surface area (Å²) in [5.41, 5.74) is 2.82. The summed E-state index contributed by atoms with van der Waals surface area (Å²) >= 11 is 0. The smallest absolute Gasteiger partial charge is 0.323 e. The normalized spacial score (nSPS) is 17.8. The molecule has 0 unspecified atom stereocenters. The average Bonchev–Trinajstić information content (AvgIpc) is 3.27. The molecule has 0 fully saturated rings. The Bertz CT molecular complexity index is 1340. The Kier molecular flexibility index (Phi) is 9.51. The van der Waals surface area contributed by atoms with E-state index in [0.29, 0.717) is 48.0 Å². The second-order valence-corrected chi connectivity index (χ2v) is 10.6. The minimum atomic E-state index is -0.521. The number of hydrogen-bond acceptors (Lipinski definition) is 8. The summed E-state index contributed by atoms with van der Waals surface area (Å²) in [7, 11) is 3.65. The minimum Gasteiger partial charge on any atom is -0.497 e. The molecule has 0 radical (unpaired) electrons. The van der Waals surface area contributed by atoms with E-state index in [2.05, 4.69) is 20.7 Å². The molecule has 1 aliphatic heterocycles. The van der Waals surface area contributed by atoms with Gasteiger partial charge in [-0.1, -0.05) is 30.3 Å². The zero-order valence-electron chi connectivity index (χ0n) is 24.4. The molecule has 3 amide bonds. The number of nitrogens with zero attached hydrogens (tertiary/aromatic N) is 3. The fraction of sp³-hybridized carbons (Fsp3) is 0.433. The highest BCUT2D eigenvalue weighted by Gasteiger charge is 2.34. The maximum Gasteiger partial charge on any atom is 0.323 e. The molecular weight excluding hydrogens is 526 g/mol. The van der Waals surface area contributed by atoms with E-state index < -0.39 is 12.1 Å². The zero-order chi connectivity index (χ0) is 29.7. The van der Waals surface area contributed by atoms with Crippen LogP contribution in [-0.2, 0) is 6.54 Å². The average molecular weight is 566 g/mol. The molecule has 11 heteroatoms. The Morgan fingerprint density at radius 1 is 1.22 bits per heavy atom. The molecule has 2 aromatic carbocycles. The number of aromatic nitrogens is 1. The van der Waals surface area contributed by atoms with Gasteiger partial charge >= 0.3 is 6.03 Å². The molecule has 2 heterocycles. The Morgan fingerprint density at radius 3 is 2.59 bits per heavy atom. The number of aliphatic hydroxyl groups excluding tert-OH is 1. The molecule has 0 aliphatic carbocycles. The highest BCUT2D eigenvalue weighted by molar-refractivity contribution is 6.04. The van der Waals surface area contributed by atoms with Crippen LogP contribution in [0.5, 0.6) is 11.5 Å². The van der Waals surface area contributed by atoms with Crippen LogP contribution in [0, 0.1) is 19.8 Å². The molecule has 1 aliphatic rings. The van der Waals surface area contributed by atoms with Crippen molar-refractivity contribution in [3.8, 4) is 11.5 Å². The summed E-state index contributed by atoms with van der Waals surface area (Å²) in [6.07, 6.45) is -0.327. The van der Waals surface area contributed by atoms with Crippen molar-refractivity contribution in [2.45, 2.75) is 46.4 Å². The number of hydrogen-bond donors (Lipinski definition) is 3. The van der Waals surface area contributed by atoms with Crippen LogP contribution in [0.3, 0.4) is 0 Å². The van der Waals surface area contributed by atoms with Crippen LogP contribution in [0.2, 0.25) is 0 Å². The third kappa shape index (κ3) is 6.98. The summed E-state index contributed by atoms with van der Waals surface area (Å²) < 4.78 is 17.0. The summed E-state index contributed by atoms with van der Waals surface area (Å²) in [6, 6.07) is 12.1. The fourth-order valence-corrected chi connectivity index (χ4v) is 4.90. The van der Waals surface area contributed by atoms with Crippen molar-refractivity contribution in [2.75, 3.05) is 44.5 Å². The van der Waals surface area contributed by atoms with E-state index in [1.807, 2.05) is 45.2 Å². The predicted molar refractivity (Wildman–Crippen MR) is 156 cm³/mol. The van der Waals surface area contributed by atoms with Gasteiger partial charge in [-0.2, -0.15) is 0 Å². The van der Waals surface area contributed by atoms with Gasteiger partial charge in [-0.3, -0.25) is 9.69 Å². The molecule has 41 heavy (non-hydrogen) atoms. The van der Waals surface area contributed by atoms with Crippen molar-refractivity contribution in [1.29, 1.82) is 0 Å². The number of ether oxygens (including phenoxy) is 2. The van der Waals surface area contributed by atoms with E-state index in [4.69, 9.17) is 14.0 Å². The first-order chi connectivity index (χ1) is 19.6. The first kappa shape index (κ1) is 29.9. The molecular formula is C30H39N5O6. The Morgan fingerprint density at radius 2 is 1.95 bits per heavy atom. The minimum absolute atomic E-state index is 0.0800. The SMILES string of the molecule is COc1ccc(CN(C)C[C@@H]2Oc3c(NC(=O)Nc4c(C)noc4C)cccc3C(=O)N([C@H](C)CO)C[C@H]2C)cc1. The molecule has 11 nitrogen and oxygen atoms in total. The molecule has 4 rings (SSSR count). The van der Waals surface area contributed by atoms with E-state index in [-0.39, 0.29) is 30.3 Å². The zero-order valence-corrected chi connectivity index (χ0v) is 24.4. The Labute approximate surface area is 240 Å². The predicted octanol–water partition coefficient (Wildman–Crippen LogP) is 4.30. The number of para-hydroxylation sites is 1. The molecule has 3 atom stereocenters. The van der Waals surface area contributed by atoms with Gasteiger partial charge in [0.2, 0.25) is 0 Å². The monoisotopic (exact) mass is 565 g/mol. The molecule has 1 aromatic heterocycles. The molecule has 0 saturated heterocycles. The molecule has 0 bridgehead atoms. The lowest BCUT2D eigenvalue weighted by molar-refractivity contribution is 0.0343. The summed E-state index contributed by atoms with van der Waals surface area (Å²) in [6.45, 7) is 8.76. The molecule has 0 saturated carbocycles. The number of benzene rings is 2. The lowest BCUT2D eigenvalue weighted by Crippen LogP contribution is -2.49. The van der Waals surface area contributed by atoms with Crippen molar-refractivity contribution in [3.05, 3.63) is 65.0 Å². The Hall–Kier alpha value is -4.09. The number of fused-ring (bicyclic) bond motifs is 1. The van der Waals surface area contributed by atoms with Gasteiger partial charge in [0.15, 0.2) is 11.5 Å². The number of aryl methyl sites for hydroxylation is 2. The van der Waals surface area contributed by atoms with Gasteiger partial charge in [0.05, 0.1) is 31.0 Å². The van der Waals surface area contributed by atoms with E-state index in [1.165, 1.54) is 0 Å². The maximum atomic E-state index is 13.7. The lowest BCUT2D eigenvalue weighted by Gasteiger charge is -2.38. The third-order valence-electron chi connectivity index (χ3n) is 7.31. The van der Waals surface area contributed by atoms with Gasteiger partial charge < -0.3 is 34.6 Å². The van der Waals surface area contributed by atoms with Crippen molar-refractivity contribution in [3.63, 3.8) is 0 Å². The summed E-state index contributed by atoms with van der Waals surface area (Å²) in [4.78, 5) is 30.5. The number of aliphatic hydroxyl groups is 1. The van der Waals surface area contributed by atoms with E-state index in [0.717, 1.165) is 11.3 Å². The van der Waals surface area contributed by atoms with Crippen molar-refractivity contribution < 1.29 is 28.7 Å². The largest absolute Gasteiger partial charge is 0.497 e. The topological polar surface area (TPSA) is 129 Å². The fourth-order valence-electron chi connectivity index (χ4n) is 4.90. The van der Waals surface area contributed by atoms with Gasteiger partial charge in [-0.05, 0) is 57.6 Å². The number of methoxy groups -OCH3 is 1. The van der Waals surface area contributed by atoms with Crippen LogP contribution in [0.4, 0.5) is 16.2 Å². The van der Waals surface area contributed by atoms with Crippen LogP contribution < -0.4 is 20.1 Å². The molecule has 220 valence electrons. The lowest BCUT2D eigenvalue weighted by atomic mass is 9.99. The van der Waals surface area contributed by atoms with Crippen LogP contribution >= 0.6 is 0 Å². The van der Waals surface area contributed by atoms with E-state index in [9.17, 15) is 14.7 Å². The van der Waals surface area contributed by atoms with E-state index in [1.54, 1.807) is 44.1 Å². The van der Waals surface area contributed by atoms with Crippen molar-refractivity contribution >= 4 is 23.3 Å². The number of nitrogens with one attached hydrogen (secondary N) is 2. The number of amides is 3. The van der Waals surface area contributed by atoms with Gasteiger partial charge in [0.1, 0.15) is 23.2 Å². The number of carbonyl (C=O) groups excluding carboxylic acids is 2. The van der Waals surface area contributed by atoms with Crippen LogP contribution in [0.15, 0.2) is 47.0 Å². The second kappa shape index (κ2) is 13.0. The van der Waals surface area contributed by atoms with Crippen LogP contribution in [0.1, 0.15) is 41.2 Å². The van der Waals surface area contributed by atoms with Crippen LogP contribution in [0.25, 0.3) is 0 Å². The number of rotatable bonds is 9. The number of anilines is 2. The van der Waals surface area contributed by atoms with Gasteiger partial charge in [0, 0.05) is 25.6 Å². The van der Waals surface area contributed by atoms with Gasteiger partial charge in [-0.15, -0.1) is 0 Å². The molecule has 0 spiro atoms.